The van der Waals surface area contributed by atoms with Gasteiger partial charge in [0, 0.05) is 21.5 Å². The van der Waals surface area contributed by atoms with Gasteiger partial charge < -0.3 is 0 Å². The van der Waals surface area contributed by atoms with Crippen molar-refractivity contribution in [3.05, 3.63) is 109 Å². The van der Waals surface area contributed by atoms with Gasteiger partial charge in [-0.05, 0) is 79.5 Å². The highest BCUT2D eigenvalue weighted by atomic mass is 31.1. The Balaban J connectivity index is 1.45. The Labute approximate surface area is 196 Å². The van der Waals surface area contributed by atoms with Crippen LogP contribution in [0, 0.1) is 0 Å². The van der Waals surface area contributed by atoms with E-state index in [-0.39, 0.29) is 0 Å². The average Bonchev–Trinajstić information content (AvgIpc) is 2.90. The molecule has 34 heavy (non-hydrogen) atoms. The van der Waals surface area contributed by atoms with Crippen molar-refractivity contribution in [1.82, 2.24) is 0 Å². The summed E-state index contributed by atoms with van der Waals surface area (Å²) >= 11 is 0. The first-order valence-corrected chi connectivity index (χ1v) is 12.8. The van der Waals surface area contributed by atoms with Gasteiger partial charge >= 0.3 is 7.80 Å². The molecule has 8 rings (SSSR count). The lowest BCUT2D eigenvalue weighted by Gasteiger charge is -2.12. The van der Waals surface area contributed by atoms with Crippen molar-refractivity contribution in [2.24, 2.45) is 0 Å². The predicted molar refractivity (Wildman–Crippen MR) is 147 cm³/mol. The van der Waals surface area contributed by atoms with Crippen LogP contribution in [0.2, 0.25) is 0 Å². The Kier molecular flexibility index (Phi) is 3.51. The lowest BCUT2D eigenvalue weighted by molar-refractivity contribution is 0.598. The van der Waals surface area contributed by atoms with Gasteiger partial charge in [0.15, 0.2) is 0 Å². The van der Waals surface area contributed by atoms with Crippen molar-refractivity contribution < 1.29 is 4.57 Å². The highest BCUT2D eigenvalue weighted by Gasteiger charge is 2.30. The Bertz CT molecular complexity index is 1900. The molecule has 0 saturated heterocycles. The van der Waals surface area contributed by atoms with Crippen LogP contribution < -0.4 is 10.6 Å². The average molecular weight is 449 g/mol. The molecule has 0 bridgehead atoms. The van der Waals surface area contributed by atoms with Crippen LogP contribution >= 0.6 is 7.80 Å². The molecule has 0 radical (unpaired) electrons. The van der Waals surface area contributed by atoms with Crippen LogP contribution in [0.1, 0.15) is 0 Å². The fraction of sp³-hybridized carbons (Fsp3) is 0. The van der Waals surface area contributed by atoms with Gasteiger partial charge in [0.2, 0.25) is 10.6 Å². The first-order valence-electron chi connectivity index (χ1n) is 11.6. The van der Waals surface area contributed by atoms with Crippen LogP contribution in [0.4, 0.5) is 0 Å². The number of hydrogen-bond donors (Lipinski definition) is 0. The molecule has 0 aliphatic carbocycles. The summed E-state index contributed by atoms with van der Waals surface area (Å²) in [6.07, 6.45) is 0. The molecule has 0 amide bonds. The van der Waals surface area contributed by atoms with Gasteiger partial charge in [-0.25, -0.2) is 0 Å². The maximum Gasteiger partial charge on any atom is 0.416 e. The van der Waals surface area contributed by atoms with E-state index >= 15 is 0 Å². The second-order valence-electron chi connectivity index (χ2n) is 9.18. The minimum Gasteiger partial charge on any atom is -0.0612 e. The van der Waals surface area contributed by atoms with Gasteiger partial charge in [-0.15, -0.1) is 0 Å². The molecule has 1 nitrogen and oxygen atoms in total. The normalized spacial score (nSPS) is 12.2. The SMILES string of the molecule is O=[P+](c1ccc2ccc3cccc4ccc1c2c34)c1ccc2ccc3cccc4ccc1c2c34. The molecule has 156 valence electrons. The summed E-state index contributed by atoms with van der Waals surface area (Å²) in [6, 6.07) is 38.6. The quantitative estimate of drug-likeness (QED) is 0.192. The van der Waals surface area contributed by atoms with Crippen LogP contribution in [0.3, 0.4) is 0 Å². The number of rotatable bonds is 2. The first-order chi connectivity index (χ1) is 16.8. The highest BCUT2D eigenvalue weighted by molar-refractivity contribution is 7.62. The molecule has 0 aliphatic rings. The van der Waals surface area contributed by atoms with Gasteiger partial charge in [-0.1, -0.05) is 77.4 Å². The topological polar surface area (TPSA) is 17.1 Å². The summed E-state index contributed by atoms with van der Waals surface area (Å²) in [4.78, 5) is 0. The molecule has 0 aliphatic heterocycles. The third-order valence-electron chi connectivity index (χ3n) is 7.45. The fourth-order valence-corrected chi connectivity index (χ4v) is 7.41. The minimum atomic E-state index is -1.78. The largest absolute Gasteiger partial charge is 0.416 e. The van der Waals surface area contributed by atoms with Crippen molar-refractivity contribution in [2.45, 2.75) is 0 Å². The third-order valence-corrected chi connectivity index (χ3v) is 9.10. The van der Waals surface area contributed by atoms with Crippen molar-refractivity contribution >= 4 is 83.0 Å². The van der Waals surface area contributed by atoms with Gasteiger partial charge in [-0.3, -0.25) is 0 Å². The van der Waals surface area contributed by atoms with E-state index in [1.54, 1.807) is 0 Å². The molecule has 8 aromatic carbocycles. The van der Waals surface area contributed by atoms with Crippen molar-refractivity contribution in [3.63, 3.8) is 0 Å². The summed E-state index contributed by atoms with van der Waals surface area (Å²) in [6.45, 7) is 0. The summed E-state index contributed by atoms with van der Waals surface area (Å²) in [7, 11) is -1.78. The van der Waals surface area contributed by atoms with Crippen LogP contribution in [0.15, 0.2) is 109 Å². The molecule has 0 aromatic heterocycles. The predicted octanol–water partition coefficient (Wildman–Crippen LogP) is 8.26. The van der Waals surface area contributed by atoms with E-state index in [1.165, 1.54) is 53.9 Å². The third kappa shape index (κ3) is 2.30. The Morgan fingerprint density at radius 1 is 0.353 bits per heavy atom. The molecule has 8 aromatic rings. The van der Waals surface area contributed by atoms with E-state index in [0.717, 1.165) is 21.4 Å². The highest BCUT2D eigenvalue weighted by Crippen LogP contribution is 2.39. The van der Waals surface area contributed by atoms with Gasteiger partial charge in [-0.2, -0.15) is 0 Å². The first kappa shape index (κ1) is 18.4. The van der Waals surface area contributed by atoms with Gasteiger partial charge in [0.1, 0.15) is 0 Å². The molecule has 0 saturated carbocycles. The second-order valence-corrected chi connectivity index (χ2v) is 10.7. The van der Waals surface area contributed by atoms with Crippen LogP contribution in [-0.4, -0.2) is 0 Å². The number of benzene rings is 8. The summed E-state index contributed by atoms with van der Waals surface area (Å²) in [5.74, 6) is 0. The smallest absolute Gasteiger partial charge is 0.0612 e. The maximum atomic E-state index is 14.3. The molecule has 0 spiro atoms. The zero-order chi connectivity index (χ0) is 22.4. The molecule has 0 atom stereocenters. The fourth-order valence-electron chi connectivity index (χ4n) is 5.92. The van der Waals surface area contributed by atoms with Crippen molar-refractivity contribution in [2.75, 3.05) is 0 Å². The molecule has 0 fully saturated rings. The maximum absolute atomic E-state index is 14.3. The minimum absolute atomic E-state index is 0.913. The second kappa shape index (κ2) is 6.50. The van der Waals surface area contributed by atoms with Crippen LogP contribution in [0.25, 0.3) is 64.6 Å². The summed E-state index contributed by atoms with van der Waals surface area (Å²) < 4.78 is 14.3. The monoisotopic (exact) mass is 449 g/mol. The molecular weight excluding hydrogens is 431 g/mol. The van der Waals surface area contributed by atoms with E-state index in [4.69, 9.17) is 0 Å². The van der Waals surface area contributed by atoms with Gasteiger partial charge in [0.05, 0.1) is 0 Å². The van der Waals surface area contributed by atoms with E-state index < -0.39 is 7.80 Å². The number of hydrogen-bond acceptors (Lipinski definition) is 1. The van der Waals surface area contributed by atoms with Crippen molar-refractivity contribution in [1.29, 1.82) is 0 Å². The molecular formula is C32H18OP+. The summed E-state index contributed by atoms with van der Waals surface area (Å²) in [5.41, 5.74) is 0. The Morgan fingerprint density at radius 2 is 0.676 bits per heavy atom. The molecule has 0 heterocycles. The molecule has 0 N–H and O–H groups in total. The van der Waals surface area contributed by atoms with Crippen LogP contribution in [-0.2, 0) is 4.57 Å². The van der Waals surface area contributed by atoms with Gasteiger partial charge in [0.25, 0.3) is 0 Å². The zero-order valence-corrected chi connectivity index (χ0v) is 19.1. The Morgan fingerprint density at radius 3 is 1.09 bits per heavy atom. The molecule has 2 heteroatoms. The summed E-state index contributed by atoms with van der Waals surface area (Å²) in [5, 5.41) is 16.3. The van der Waals surface area contributed by atoms with Crippen LogP contribution in [0.5, 0.6) is 0 Å². The van der Waals surface area contributed by atoms with E-state index in [9.17, 15) is 4.57 Å². The van der Waals surface area contributed by atoms with E-state index in [1.807, 2.05) is 0 Å². The molecule has 0 unspecified atom stereocenters. The zero-order valence-electron chi connectivity index (χ0n) is 18.2. The van der Waals surface area contributed by atoms with E-state index in [2.05, 4.69) is 109 Å². The van der Waals surface area contributed by atoms with E-state index in [0.29, 0.717) is 0 Å². The standard InChI is InChI=1S/C32H18OP/c33-34(27-17-13-23-9-7-19-3-1-5-21-11-15-25(27)31(23)29(19)21)28-18-14-24-10-8-20-4-2-6-22-12-16-26(28)32(24)30(20)22/h1-18H/q+1. The Hall–Kier alpha value is -4.06. The lowest BCUT2D eigenvalue weighted by Crippen LogP contribution is -2.09. The van der Waals surface area contributed by atoms with Crippen molar-refractivity contribution in [3.8, 4) is 0 Å². The lowest BCUT2D eigenvalue weighted by atomic mass is 9.94.